The first kappa shape index (κ1) is 14.9. The van der Waals surface area contributed by atoms with Crippen molar-refractivity contribution in [2.45, 2.75) is 6.42 Å². The molecule has 0 amide bonds. The van der Waals surface area contributed by atoms with E-state index in [1.807, 2.05) is 0 Å². The molecule has 0 spiro atoms. The smallest absolute Gasteiger partial charge is 0.145 e. The third-order valence-corrected chi connectivity index (χ3v) is 3.85. The molecular weight excluding hydrogens is 319 g/mol. The second-order valence-corrected chi connectivity index (χ2v) is 5.13. The zero-order valence-electron chi connectivity index (χ0n) is 10.5. The molecule has 20 heavy (non-hydrogen) atoms. The Morgan fingerprint density at radius 3 is 2.40 bits per heavy atom. The summed E-state index contributed by atoms with van der Waals surface area (Å²) in [6, 6.07) is 8.88. The average molecular weight is 328 g/mol. The number of rotatable bonds is 3. The van der Waals surface area contributed by atoms with Crippen molar-refractivity contribution in [3.8, 4) is 23.1 Å². The van der Waals surface area contributed by atoms with Crippen LogP contribution in [0.25, 0.3) is 11.3 Å². The fraction of sp³-hybridized carbons (Fsp3) is 0.143. The normalized spacial score (nSPS) is 10.2. The summed E-state index contributed by atoms with van der Waals surface area (Å²) in [5, 5.41) is 9.72. The molecule has 0 bridgehead atoms. The first-order chi connectivity index (χ1) is 9.56. The molecule has 1 aromatic carbocycles. The molecule has 1 heterocycles. The number of nitrogens with zero attached hydrogens (tertiary/aromatic N) is 2. The molecule has 6 heteroatoms. The van der Waals surface area contributed by atoms with E-state index in [1.54, 1.807) is 31.4 Å². The van der Waals surface area contributed by atoms with Crippen molar-refractivity contribution in [2.24, 2.45) is 0 Å². The van der Waals surface area contributed by atoms with Crippen LogP contribution < -0.4 is 4.74 Å². The number of pyridine rings is 1. The Kier molecular flexibility index (Phi) is 4.72. The molecule has 0 aliphatic carbocycles. The van der Waals surface area contributed by atoms with Gasteiger partial charge in [-0.05, 0) is 24.3 Å². The molecule has 0 saturated heterocycles. The summed E-state index contributed by atoms with van der Waals surface area (Å²) in [5.41, 5.74) is 1.90. The zero-order chi connectivity index (χ0) is 14.7. The first-order valence-electron chi connectivity index (χ1n) is 5.62. The van der Waals surface area contributed by atoms with Crippen LogP contribution in [0.4, 0.5) is 0 Å². The van der Waals surface area contributed by atoms with Crippen molar-refractivity contribution in [1.29, 1.82) is 5.26 Å². The van der Waals surface area contributed by atoms with Crippen LogP contribution in [-0.2, 0) is 6.42 Å². The van der Waals surface area contributed by atoms with Crippen molar-refractivity contribution in [3.05, 3.63) is 45.0 Å². The second kappa shape index (κ2) is 6.32. The predicted octanol–water partition coefficient (Wildman–Crippen LogP) is 4.78. The van der Waals surface area contributed by atoms with Crippen LogP contribution in [0.3, 0.4) is 0 Å². The van der Waals surface area contributed by atoms with Crippen LogP contribution in [0, 0.1) is 11.3 Å². The van der Waals surface area contributed by atoms with Crippen molar-refractivity contribution >= 4 is 34.8 Å². The van der Waals surface area contributed by atoms with Crippen LogP contribution in [0.1, 0.15) is 5.69 Å². The summed E-state index contributed by atoms with van der Waals surface area (Å²) >= 11 is 18.0. The number of benzene rings is 1. The van der Waals surface area contributed by atoms with Crippen molar-refractivity contribution in [3.63, 3.8) is 0 Å². The minimum absolute atomic E-state index is 0.214. The highest BCUT2D eigenvalue weighted by Gasteiger charge is 2.13. The van der Waals surface area contributed by atoms with E-state index in [-0.39, 0.29) is 6.42 Å². The predicted molar refractivity (Wildman–Crippen MR) is 80.6 cm³/mol. The molecular formula is C14H9Cl3N2O. The van der Waals surface area contributed by atoms with Gasteiger partial charge in [-0.25, -0.2) is 4.98 Å². The highest BCUT2D eigenvalue weighted by Crippen LogP contribution is 2.37. The largest absolute Gasteiger partial charge is 0.494 e. The van der Waals surface area contributed by atoms with E-state index >= 15 is 0 Å². The van der Waals surface area contributed by atoms with Gasteiger partial charge < -0.3 is 4.74 Å². The molecule has 3 nitrogen and oxygen atoms in total. The lowest BCUT2D eigenvalue weighted by molar-refractivity contribution is 0.414. The monoisotopic (exact) mass is 326 g/mol. The van der Waals surface area contributed by atoms with Gasteiger partial charge >= 0.3 is 0 Å². The van der Waals surface area contributed by atoms with E-state index in [9.17, 15) is 0 Å². The maximum absolute atomic E-state index is 8.75. The number of nitriles is 1. The fourth-order valence-electron chi connectivity index (χ4n) is 1.73. The summed E-state index contributed by atoms with van der Waals surface area (Å²) in [7, 11) is 1.55. The lowest BCUT2D eigenvalue weighted by Gasteiger charge is -2.10. The molecule has 0 aliphatic heterocycles. The molecule has 0 atom stereocenters. The van der Waals surface area contributed by atoms with Gasteiger partial charge in [-0.2, -0.15) is 5.26 Å². The Labute approximate surface area is 131 Å². The number of methoxy groups -OCH3 is 1. The molecule has 102 valence electrons. The number of ether oxygens (including phenoxy) is 1. The molecule has 0 fully saturated rings. The Balaban J connectivity index is 2.61. The van der Waals surface area contributed by atoms with Gasteiger partial charge in [-0.1, -0.05) is 34.8 Å². The third kappa shape index (κ3) is 2.99. The molecule has 2 aromatic rings. The first-order valence-corrected chi connectivity index (χ1v) is 6.76. The number of hydrogen-bond donors (Lipinski definition) is 0. The Bertz CT molecular complexity index is 672. The second-order valence-electron chi connectivity index (χ2n) is 3.94. The van der Waals surface area contributed by atoms with Gasteiger partial charge in [0.15, 0.2) is 0 Å². The summed E-state index contributed by atoms with van der Waals surface area (Å²) < 4.78 is 5.28. The molecule has 0 aliphatic rings. The summed E-state index contributed by atoms with van der Waals surface area (Å²) in [4.78, 5) is 4.41. The number of halogens is 3. The summed E-state index contributed by atoms with van der Waals surface area (Å²) in [6.07, 6.45) is 0.214. The molecule has 0 radical (unpaired) electrons. The van der Waals surface area contributed by atoms with E-state index in [1.165, 1.54) is 0 Å². The van der Waals surface area contributed by atoms with E-state index in [0.29, 0.717) is 37.8 Å². The molecule has 0 N–H and O–H groups in total. The maximum atomic E-state index is 8.75. The molecule has 0 unspecified atom stereocenters. The van der Waals surface area contributed by atoms with Crippen molar-refractivity contribution in [2.75, 3.05) is 7.11 Å². The maximum Gasteiger partial charge on any atom is 0.145 e. The van der Waals surface area contributed by atoms with Crippen LogP contribution in [0.5, 0.6) is 5.75 Å². The molecule has 2 rings (SSSR count). The van der Waals surface area contributed by atoms with E-state index in [4.69, 9.17) is 44.8 Å². The summed E-state index contributed by atoms with van der Waals surface area (Å²) in [5.74, 6) is 0.571. The lowest BCUT2D eigenvalue weighted by Crippen LogP contribution is -1.96. The van der Waals surface area contributed by atoms with E-state index in [0.717, 1.165) is 0 Å². The topological polar surface area (TPSA) is 45.9 Å². The Hall–Kier alpha value is -1.47. The fourth-order valence-corrected chi connectivity index (χ4v) is 2.33. The average Bonchev–Trinajstić information content (AvgIpc) is 2.44. The van der Waals surface area contributed by atoms with Gasteiger partial charge in [0.25, 0.3) is 0 Å². The standard InChI is InChI=1S/C14H9Cl3N2O/c1-20-12-3-2-9(4-5-18)19-14(12)8-6-10(15)13(17)11(16)7-8/h2-3,6-7H,4H2,1H3. The van der Waals surface area contributed by atoms with Crippen molar-refractivity contribution < 1.29 is 4.74 Å². The van der Waals surface area contributed by atoms with Gasteiger partial charge in [-0.3, -0.25) is 0 Å². The quantitative estimate of drug-likeness (QED) is 0.762. The Morgan fingerprint density at radius 1 is 1.20 bits per heavy atom. The number of aromatic nitrogens is 1. The van der Waals surface area contributed by atoms with Gasteiger partial charge in [0, 0.05) is 5.56 Å². The van der Waals surface area contributed by atoms with Crippen LogP contribution in [-0.4, -0.2) is 12.1 Å². The molecule has 1 aromatic heterocycles. The van der Waals surface area contributed by atoms with Crippen LogP contribution >= 0.6 is 34.8 Å². The zero-order valence-corrected chi connectivity index (χ0v) is 12.7. The highest BCUT2D eigenvalue weighted by atomic mass is 35.5. The van der Waals surface area contributed by atoms with Crippen molar-refractivity contribution in [1.82, 2.24) is 4.98 Å². The highest BCUT2D eigenvalue weighted by molar-refractivity contribution is 6.48. The molecule has 0 saturated carbocycles. The minimum Gasteiger partial charge on any atom is -0.494 e. The van der Waals surface area contributed by atoms with Gasteiger partial charge in [0.05, 0.1) is 40.4 Å². The van der Waals surface area contributed by atoms with Gasteiger partial charge in [0.2, 0.25) is 0 Å². The third-order valence-electron chi connectivity index (χ3n) is 2.65. The van der Waals surface area contributed by atoms with Crippen LogP contribution in [0.15, 0.2) is 24.3 Å². The van der Waals surface area contributed by atoms with Gasteiger partial charge in [0.1, 0.15) is 11.4 Å². The Morgan fingerprint density at radius 2 is 1.85 bits per heavy atom. The van der Waals surface area contributed by atoms with E-state index in [2.05, 4.69) is 11.1 Å². The number of hydrogen-bond acceptors (Lipinski definition) is 3. The van der Waals surface area contributed by atoms with E-state index < -0.39 is 0 Å². The van der Waals surface area contributed by atoms with Gasteiger partial charge in [-0.15, -0.1) is 0 Å². The van der Waals surface area contributed by atoms with Crippen LogP contribution in [0.2, 0.25) is 15.1 Å². The SMILES string of the molecule is COc1ccc(CC#N)nc1-c1cc(Cl)c(Cl)c(Cl)c1. The minimum atomic E-state index is 0.214. The summed E-state index contributed by atoms with van der Waals surface area (Å²) in [6.45, 7) is 0. The lowest BCUT2D eigenvalue weighted by atomic mass is 10.1.